The van der Waals surface area contributed by atoms with Gasteiger partial charge >= 0.3 is 0 Å². The molecule has 1 aromatic rings. The molecular formula is C14H18N2O2. The third-order valence-corrected chi connectivity index (χ3v) is 3.22. The zero-order valence-corrected chi connectivity index (χ0v) is 10.8. The molecule has 2 rings (SSSR count). The maximum Gasteiger partial charge on any atom is 0.130 e. The molecule has 0 aromatic heterocycles. The van der Waals surface area contributed by atoms with Crippen molar-refractivity contribution in [3.05, 3.63) is 24.3 Å². The van der Waals surface area contributed by atoms with E-state index in [9.17, 15) is 5.26 Å². The van der Waals surface area contributed by atoms with Crippen LogP contribution >= 0.6 is 0 Å². The summed E-state index contributed by atoms with van der Waals surface area (Å²) in [4.78, 5) is 0. The van der Waals surface area contributed by atoms with Gasteiger partial charge in [-0.15, -0.1) is 0 Å². The molecule has 0 amide bonds. The molecule has 1 aromatic carbocycles. The van der Waals surface area contributed by atoms with E-state index in [1.807, 2.05) is 31.2 Å². The van der Waals surface area contributed by atoms with Gasteiger partial charge in [0.05, 0.1) is 19.3 Å². The van der Waals surface area contributed by atoms with Crippen LogP contribution in [0.25, 0.3) is 0 Å². The summed E-state index contributed by atoms with van der Waals surface area (Å²) in [5.74, 6) is 0.786. The van der Waals surface area contributed by atoms with Gasteiger partial charge in [0.2, 0.25) is 0 Å². The molecule has 1 aliphatic rings. The third kappa shape index (κ3) is 2.57. The molecule has 0 radical (unpaired) electrons. The molecule has 1 fully saturated rings. The van der Waals surface area contributed by atoms with Gasteiger partial charge in [-0.05, 0) is 19.1 Å². The summed E-state index contributed by atoms with van der Waals surface area (Å²) < 4.78 is 10.7. The molecule has 96 valence electrons. The van der Waals surface area contributed by atoms with E-state index in [2.05, 4.69) is 11.4 Å². The van der Waals surface area contributed by atoms with Crippen LogP contribution in [-0.2, 0) is 4.74 Å². The highest BCUT2D eigenvalue weighted by Gasteiger charge is 2.45. The van der Waals surface area contributed by atoms with Crippen LogP contribution in [0.3, 0.4) is 0 Å². The summed E-state index contributed by atoms with van der Waals surface area (Å²) in [6.45, 7) is 2.67. The molecule has 0 saturated heterocycles. The predicted octanol–water partition coefficient (Wildman–Crippen LogP) is 2.57. The van der Waals surface area contributed by atoms with Crippen LogP contribution in [0.2, 0.25) is 0 Å². The Balaban J connectivity index is 2.01. The Morgan fingerprint density at radius 3 is 2.89 bits per heavy atom. The molecule has 1 saturated carbocycles. The fraction of sp³-hybridized carbons (Fsp3) is 0.500. The zero-order valence-electron chi connectivity index (χ0n) is 10.8. The number of hydrogen-bond acceptors (Lipinski definition) is 4. The molecule has 0 aliphatic heterocycles. The Labute approximate surface area is 108 Å². The molecule has 4 heteroatoms. The summed E-state index contributed by atoms with van der Waals surface area (Å²) in [7, 11) is 1.63. The quantitative estimate of drug-likeness (QED) is 0.867. The van der Waals surface area contributed by atoms with Crippen LogP contribution in [0.1, 0.15) is 19.8 Å². The van der Waals surface area contributed by atoms with Crippen molar-refractivity contribution in [1.29, 1.82) is 5.26 Å². The smallest absolute Gasteiger partial charge is 0.130 e. The van der Waals surface area contributed by atoms with Crippen LogP contribution in [0.5, 0.6) is 5.75 Å². The molecule has 1 aliphatic carbocycles. The Kier molecular flexibility index (Phi) is 3.73. The number of hydrogen-bond donors (Lipinski definition) is 1. The van der Waals surface area contributed by atoms with Crippen molar-refractivity contribution in [2.24, 2.45) is 0 Å². The second kappa shape index (κ2) is 5.28. The van der Waals surface area contributed by atoms with Gasteiger partial charge in [0.15, 0.2) is 0 Å². The van der Waals surface area contributed by atoms with Crippen LogP contribution < -0.4 is 10.1 Å². The maximum atomic E-state index is 9.31. The first-order chi connectivity index (χ1) is 8.71. The van der Waals surface area contributed by atoms with E-state index < -0.39 is 5.54 Å². The van der Waals surface area contributed by atoms with Gasteiger partial charge in [-0.3, -0.25) is 0 Å². The summed E-state index contributed by atoms with van der Waals surface area (Å²) >= 11 is 0. The van der Waals surface area contributed by atoms with Gasteiger partial charge in [-0.1, -0.05) is 6.07 Å². The van der Waals surface area contributed by atoms with Gasteiger partial charge < -0.3 is 14.8 Å². The molecule has 4 nitrogen and oxygen atoms in total. The number of nitrogens with zero attached hydrogens (tertiary/aromatic N) is 1. The zero-order chi connectivity index (χ0) is 13.0. The van der Waals surface area contributed by atoms with E-state index in [1.165, 1.54) is 0 Å². The van der Waals surface area contributed by atoms with E-state index in [0.717, 1.165) is 24.3 Å². The van der Waals surface area contributed by atoms with E-state index in [4.69, 9.17) is 9.47 Å². The molecule has 0 unspecified atom stereocenters. The van der Waals surface area contributed by atoms with Crippen molar-refractivity contribution in [2.45, 2.75) is 31.4 Å². The SMILES string of the molecule is CCOC1CC(C#N)(Nc2cccc(OC)c2)C1. The highest BCUT2D eigenvalue weighted by molar-refractivity contribution is 5.52. The maximum absolute atomic E-state index is 9.31. The van der Waals surface area contributed by atoms with Crippen molar-refractivity contribution in [1.82, 2.24) is 0 Å². The van der Waals surface area contributed by atoms with E-state index >= 15 is 0 Å². The van der Waals surface area contributed by atoms with Gasteiger partial charge in [0.1, 0.15) is 11.3 Å². The lowest BCUT2D eigenvalue weighted by Crippen LogP contribution is -2.53. The average molecular weight is 246 g/mol. The normalized spacial score (nSPS) is 25.9. The largest absolute Gasteiger partial charge is 0.497 e. The van der Waals surface area contributed by atoms with Crippen LogP contribution in [0.4, 0.5) is 5.69 Å². The fourth-order valence-electron chi connectivity index (χ4n) is 2.27. The Hall–Kier alpha value is -1.73. The standard InChI is InChI=1S/C14H18N2O2/c1-3-18-13-8-14(9-13,10-15)16-11-5-4-6-12(7-11)17-2/h4-7,13,16H,3,8-9H2,1-2H3. The Bertz CT molecular complexity index is 447. The van der Waals surface area contributed by atoms with E-state index in [-0.39, 0.29) is 6.10 Å². The highest BCUT2D eigenvalue weighted by atomic mass is 16.5. The van der Waals surface area contributed by atoms with Crippen molar-refractivity contribution >= 4 is 5.69 Å². The molecule has 0 heterocycles. The van der Waals surface area contributed by atoms with Crippen molar-refractivity contribution in [2.75, 3.05) is 19.0 Å². The van der Waals surface area contributed by atoms with Crippen LogP contribution in [0, 0.1) is 11.3 Å². The lowest BCUT2D eigenvalue weighted by molar-refractivity contribution is -0.0141. The lowest BCUT2D eigenvalue weighted by Gasteiger charge is -2.43. The fourth-order valence-corrected chi connectivity index (χ4v) is 2.27. The number of rotatable bonds is 5. The summed E-state index contributed by atoms with van der Waals surface area (Å²) in [5, 5.41) is 12.6. The number of benzene rings is 1. The summed E-state index contributed by atoms with van der Waals surface area (Å²) in [5.41, 5.74) is 0.414. The average Bonchev–Trinajstić information content (AvgIpc) is 2.36. The molecule has 18 heavy (non-hydrogen) atoms. The third-order valence-electron chi connectivity index (χ3n) is 3.22. The van der Waals surface area contributed by atoms with Gasteiger partial charge in [0.25, 0.3) is 0 Å². The number of ether oxygens (including phenoxy) is 2. The minimum Gasteiger partial charge on any atom is -0.497 e. The lowest BCUT2D eigenvalue weighted by atomic mass is 9.75. The summed E-state index contributed by atoms with van der Waals surface area (Å²) in [6, 6.07) is 9.98. The predicted molar refractivity (Wildman–Crippen MR) is 69.6 cm³/mol. The van der Waals surface area contributed by atoms with Crippen LogP contribution in [0.15, 0.2) is 24.3 Å². The van der Waals surface area contributed by atoms with Gasteiger partial charge in [0, 0.05) is 31.2 Å². The van der Waals surface area contributed by atoms with E-state index in [0.29, 0.717) is 6.61 Å². The summed E-state index contributed by atoms with van der Waals surface area (Å²) in [6.07, 6.45) is 1.66. The minimum absolute atomic E-state index is 0.202. The van der Waals surface area contributed by atoms with E-state index in [1.54, 1.807) is 7.11 Å². The molecule has 0 spiro atoms. The van der Waals surface area contributed by atoms with Crippen molar-refractivity contribution < 1.29 is 9.47 Å². The van der Waals surface area contributed by atoms with Gasteiger partial charge in [-0.25, -0.2) is 0 Å². The second-order valence-electron chi connectivity index (χ2n) is 4.54. The number of nitriles is 1. The number of nitrogens with one attached hydrogen (secondary N) is 1. The minimum atomic E-state index is -0.494. The molecular weight excluding hydrogens is 228 g/mol. The Morgan fingerprint density at radius 2 is 2.28 bits per heavy atom. The molecule has 0 bridgehead atoms. The number of methoxy groups -OCH3 is 1. The Morgan fingerprint density at radius 1 is 1.50 bits per heavy atom. The topological polar surface area (TPSA) is 54.3 Å². The highest BCUT2D eigenvalue weighted by Crippen LogP contribution is 2.37. The van der Waals surface area contributed by atoms with Gasteiger partial charge in [-0.2, -0.15) is 5.26 Å². The van der Waals surface area contributed by atoms with Crippen molar-refractivity contribution in [3.63, 3.8) is 0 Å². The first kappa shape index (κ1) is 12.7. The first-order valence-electron chi connectivity index (χ1n) is 6.16. The molecule has 0 atom stereocenters. The second-order valence-corrected chi connectivity index (χ2v) is 4.54. The molecule has 1 N–H and O–H groups in total. The number of anilines is 1. The van der Waals surface area contributed by atoms with Crippen LogP contribution in [-0.4, -0.2) is 25.4 Å². The first-order valence-corrected chi connectivity index (χ1v) is 6.16. The van der Waals surface area contributed by atoms with Crippen molar-refractivity contribution in [3.8, 4) is 11.8 Å². The monoisotopic (exact) mass is 246 g/mol.